The van der Waals surface area contributed by atoms with Crippen molar-refractivity contribution in [1.82, 2.24) is 10.2 Å². The highest BCUT2D eigenvalue weighted by molar-refractivity contribution is 5.75. The number of nitrogens with one attached hydrogen (secondary N) is 1. The van der Waals surface area contributed by atoms with Gasteiger partial charge in [-0.3, -0.25) is 0 Å². The maximum Gasteiger partial charge on any atom is 0.317 e. The van der Waals surface area contributed by atoms with Crippen molar-refractivity contribution in [1.29, 1.82) is 0 Å². The number of urea groups is 1. The van der Waals surface area contributed by atoms with E-state index >= 15 is 0 Å². The summed E-state index contributed by atoms with van der Waals surface area (Å²) >= 11 is 0. The molecule has 0 aromatic heterocycles. The van der Waals surface area contributed by atoms with Crippen molar-refractivity contribution in [3.8, 4) is 0 Å². The predicted octanol–water partition coefficient (Wildman–Crippen LogP) is 0.581. The van der Waals surface area contributed by atoms with Gasteiger partial charge in [0.05, 0.1) is 13.2 Å². The number of carbonyl (C=O) groups is 1. The van der Waals surface area contributed by atoms with Crippen molar-refractivity contribution in [2.45, 2.75) is 25.3 Å². The van der Waals surface area contributed by atoms with Gasteiger partial charge in [-0.2, -0.15) is 0 Å². The van der Waals surface area contributed by atoms with Gasteiger partial charge in [-0.25, -0.2) is 4.79 Å². The molecule has 1 saturated heterocycles. The van der Waals surface area contributed by atoms with E-state index in [0.29, 0.717) is 13.2 Å². The summed E-state index contributed by atoms with van der Waals surface area (Å²) in [5.74, 6) is 0. The Kier molecular flexibility index (Phi) is 2.15. The quantitative estimate of drug-likeness (QED) is 0.647. The molecule has 2 fully saturated rings. The Hall–Kier alpha value is -0.770. The highest BCUT2D eigenvalue weighted by atomic mass is 16.5. The summed E-state index contributed by atoms with van der Waals surface area (Å²) in [5.41, 5.74) is 0.0926. The van der Waals surface area contributed by atoms with Crippen LogP contribution in [0.15, 0.2) is 0 Å². The van der Waals surface area contributed by atoms with Gasteiger partial charge in [0.15, 0.2) is 0 Å². The van der Waals surface area contributed by atoms with Crippen LogP contribution in [0.4, 0.5) is 4.79 Å². The van der Waals surface area contributed by atoms with Crippen LogP contribution in [-0.4, -0.2) is 42.8 Å². The monoisotopic (exact) mass is 184 g/mol. The number of morpholine rings is 1. The molecule has 1 N–H and O–H groups in total. The first-order valence-corrected chi connectivity index (χ1v) is 4.84. The molecule has 0 aromatic carbocycles. The van der Waals surface area contributed by atoms with E-state index in [0.717, 1.165) is 25.9 Å². The highest BCUT2D eigenvalue weighted by Gasteiger charge is 2.39. The Morgan fingerprint density at radius 1 is 1.38 bits per heavy atom. The average molecular weight is 184 g/mol. The van der Waals surface area contributed by atoms with Crippen molar-refractivity contribution >= 4 is 6.03 Å². The molecule has 4 heteroatoms. The largest absolute Gasteiger partial charge is 0.378 e. The van der Waals surface area contributed by atoms with Crippen LogP contribution in [0, 0.1) is 0 Å². The average Bonchev–Trinajstić information content (AvgIpc) is 2.85. The molecule has 74 valence electrons. The van der Waals surface area contributed by atoms with Gasteiger partial charge in [-0.1, -0.05) is 0 Å². The molecule has 0 aromatic rings. The van der Waals surface area contributed by atoms with Gasteiger partial charge in [0, 0.05) is 18.6 Å². The fourth-order valence-electron chi connectivity index (χ4n) is 1.42. The molecule has 0 bridgehead atoms. The lowest BCUT2D eigenvalue weighted by atomic mass is 10.3. The summed E-state index contributed by atoms with van der Waals surface area (Å²) in [5, 5.41) is 3.03. The fourth-order valence-corrected chi connectivity index (χ4v) is 1.42. The zero-order chi connectivity index (χ0) is 9.31. The van der Waals surface area contributed by atoms with E-state index in [1.54, 1.807) is 0 Å². The Labute approximate surface area is 78.2 Å². The molecular weight excluding hydrogens is 168 g/mol. The minimum absolute atomic E-state index is 0.0725. The molecule has 0 unspecified atom stereocenters. The summed E-state index contributed by atoms with van der Waals surface area (Å²) in [6.07, 6.45) is 2.23. The van der Waals surface area contributed by atoms with Crippen LogP contribution in [0.5, 0.6) is 0 Å². The molecule has 13 heavy (non-hydrogen) atoms. The van der Waals surface area contributed by atoms with Crippen molar-refractivity contribution in [2.75, 3.05) is 26.3 Å². The van der Waals surface area contributed by atoms with Gasteiger partial charge < -0.3 is 15.0 Å². The van der Waals surface area contributed by atoms with Crippen LogP contribution < -0.4 is 5.32 Å². The Balaban J connectivity index is 1.81. The van der Waals surface area contributed by atoms with Gasteiger partial charge in [0.1, 0.15) is 0 Å². The van der Waals surface area contributed by atoms with E-state index in [9.17, 15) is 4.79 Å². The molecule has 0 radical (unpaired) electrons. The zero-order valence-corrected chi connectivity index (χ0v) is 8.01. The first-order chi connectivity index (χ1) is 6.20. The Morgan fingerprint density at radius 3 is 2.54 bits per heavy atom. The normalized spacial score (nSPS) is 25.5. The van der Waals surface area contributed by atoms with Crippen LogP contribution in [-0.2, 0) is 4.74 Å². The second kappa shape index (κ2) is 3.18. The molecule has 2 rings (SSSR count). The summed E-state index contributed by atoms with van der Waals surface area (Å²) in [7, 11) is 0. The van der Waals surface area contributed by atoms with Crippen LogP contribution in [0.25, 0.3) is 0 Å². The second-order valence-corrected chi connectivity index (χ2v) is 4.09. The Morgan fingerprint density at radius 2 is 2.00 bits per heavy atom. The smallest absolute Gasteiger partial charge is 0.317 e. The fraction of sp³-hybridized carbons (Fsp3) is 0.889. The van der Waals surface area contributed by atoms with Crippen molar-refractivity contribution < 1.29 is 9.53 Å². The summed E-state index contributed by atoms with van der Waals surface area (Å²) in [6.45, 7) is 4.88. The van der Waals surface area contributed by atoms with E-state index in [2.05, 4.69) is 12.2 Å². The lowest BCUT2D eigenvalue weighted by Crippen LogP contribution is -2.49. The zero-order valence-electron chi connectivity index (χ0n) is 8.01. The number of carbonyl (C=O) groups excluding carboxylic acids is 1. The number of rotatable bonds is 1. The van der Waals surface area contributed by atoms with Gasteiger partial charge >= 0.3 is 6.03 Å². The molecule has 4 nitrogen and oxygen atoms in total. The SMILES string of the molecule is CC1(NC(=O)N2CCOCC2)CC1. The number of hydrogen-bond acceptors (Lipinski definition) is 2. The maximum absolute atomic E-state index is 11.6. The van der Waals surface area contributed by atoms with Crippen LogP contribution in [0.3, 0.4) is 0 Å². The van der Waals surface area contributed by atoms with E-state index in [1.807, 2.05) is 4.90 Å². The van der Waals surface area contributed by atoms with E-state index in [4.69, 9.17) is 4.74 Å². The molecule has 1 aliphatic carbocycles. The number of ether oxygens (including phenoxy) is 1. The number of hydrogen-bond donors (Lipinski definition) is 1. The van der Waals surface area contributed by atoms with Crippen molar-refractivity contribution in [3.63, 3.8) is 0 Å². The van der Waals surface area contributed by atoms with Crippen LogP contribution >= 0.6 is 0 Å². The van der Waals surface area contributed by atoms with Crippen molar-refractivity contribution in [3.05, 3.63) is 0 Å². The number of amides is 2. The lowest BCUT2D eigenvalue weighted by molar-refractivity contribution is 0.0524. The molecule has 0 atom stereocenters. The first kappa shape index (κ1) is 8.81. The van der Waals surface area contributed by atoms with Gasteiger partial charge in [0.25, 0.3) is 0 Å². The lowest BCUT2D eigenvalue weighted by Gasteiger charge is -2.28. The summed E-state index contributed by atoms with van der Waals surface area (Å²) in [4.78, 5) is 13.4. The molecule has 1 heterocycles. The highest BCUT2D eigenvalue weighted by Crippen LogP contribution is 2.34. The minimum atomic E-state index is 0.0725. The Bertz CT molecular complexity index is 208. The minimum Gasteiger partial charge on any atom is -0.378 e. The van der Waals surface area contributed by atoms with E-state index in [-0.39, 0.29) is 11.6 Å². The summed E-state index contributed by atoms with van der Waals surface area (Å²) in [6, 6.07) is 0.0725. The number of nitrogens with zero attached hydrogens (tertiary/aromatic N) is 1. The third kappa shape index (κ3) is 2.12. The molecule has 2 aliphatic rings. The van der Waals surface area contributed by atoms with E-state index < -0.39 is 0 Å². The molecule has 0 spiro atoms. The van der Waals surface area contributed by atoms with Crippen LogP contribution in [0.1, 0.15) is 19.8 Å². The predicted molar refractivity (Wildman–Crippen MR) is 48.6 cm³/mol. The summed E-state index contributed by atoms with van der Waals surface area (Å²) < 4.78 is 5.17. The third-order valence-electron chi connectivity index (χ3n) is 2.71. The molecular formula is C9H16N2O2. The molecule has 2 amide bonds. The standard InChI is InChI=1S/C9H16N2O2/c1-9(2-3-9)10-8(12)11-4-6-13-7-5-11/h2-7H2,1H3,(H,10,12). The third-order valence-corrected chi connectivity index (χ3v) is 2.71. The van der Waals surface area contributed by atoms with Gasteiger partial charge in [0.2, 0.25) is 0 Å². The topological polar surface area (TPSA) is 41.6 Å². The second-order valence-electron chi connectivity index (χ2n) is 4.09. The maximum atomic E-state index is 11.6. The molecule has 1 saturated carbocycles. The van der Waals surface area contributed by atoms with Crippen LogP contribution in [0.2, 0.25) is 0 Å². The molecule has 1 aliphatic heterocycles. The van der Waals surface area contributed by atoms with Crippen molar-refractivity contribution in [2.24, 2.45) is 0 Å². The van der Waals surface area contributed by atoms with Gasteiger partial charge in [-0.15, -0.1) is 0 Å². The van der Waals surface area contributed by atoms with Gasteiger partial charge in [-0.05, 0) is 19.8 Å². The van der Waals surface area contributed by atoms with E-state index in [1.165, 1.54) is 0 Å². The first-order valence-electron chi connectivity index (χ1n) is 4.84.